The third-order valence-electron chi connectivity index (χ3n) is 7.44. The molecule has 1 fully saturated rings. The Kier molecular flexibility index (Phi) is 6.32. The average molecular weight is 501 g/mol. The number of nitriles is 1. The Labute approximate surface area is 221 Å². The van der Waals surface area contributed by atoms with Crippen molar-refractivity contribution in [1.29, 1.82) is 5.26 Å². The fourth-order valence-electron chi connectivity index (χ4n) is 5.45. The summed E-state index contributed by atoms with van der Waals surface area (Å²) < 4.78 is 3.66. The third kappa shape index (κ3) is 4.40. The number of piperidine rings is 1. The molecule has 0 saturated carbocycles. The maximum atomic E-state index is 14.0. The first-order chi connectivity index (χ1) is 18.6. The molecule has 0 spiro atoms. The van der Waals surface area contributed by atoms with Crippen LogP contribution in [0.15, 0.2) is 90.0 Å². The van der Waals surface area contributed by atoms with E-state index in [1.807, 2.05) is 77.5 Å². The van der Waals surface area contributed by atoms with Gasteiger partial charge in [-0.25, -0.2) is 9.78 Å². The van der Waals surface area contributed by atoms with Gasteiger partial charge in [0, 0.05) is 25.5 Å². The van der Waals surface area contributed by atoms with Gasteiger partial charge in [-0.1, -0.05) is 30.3 Å². The highest BCUT2D eigenvalue weighted by Crippen LogP contribution is 2.27. The number of rotatable bonds is 5. The zero-order chi connectivity index (χ0) is 26.1. The minimum Gasteiger partial charge on any atom is -0.295 e. The number of fused-ring (bicyclic) bond motifs is 1. The molecule has 2 aromatic carbocycles. The van der Waals surface area contributed by atoms with Gasteiger partial charge in [0.1, 0.15) is 0 Å². The molecule has 0 aliphatic carbocycles. The number of imidazole rings is 1. The number of nitrogens with zero attached hydrogens (tertiary/aromatic N) is 6. The van der Waals surface area contributed by atoms with Crippen molar-refractivity contribution in [3.05, 3.63) is 112 Å². The Morgan fingerprint density at radius 3 is 2.39 bits per heavy atom. The lowest BCUT2D eigenvalue weighted by Crippen LogP contribution is -2.39. The van der Waals surface area contributed by atoms with Gasteiger partial charge in [0.05, 0.1) is 34.6 Å². The number of hydrogen-bond donors (Lipinski definition) is 0. The molecular weight excluding hydrogens is 472 g/mol. The Bertz CT molecular complexity index is 1690. The van der Waals surface area contributed by atoms with Crippen LogP contribution in [0.4, 0.5) is 0 Å². The minimum atomic E-state index is -0.0642. The molecule has 6 rings (SSSR count). The van der Waals surface area contributed by atoms with Crippen LogP contribution < -0.4 is 5.69 Å². The van der Waals surface area contributed by atoms with Crippen molar-refractivity contribution in [2.45, 2.75) is 32.4 Å². The summed E-state index contributed by atoms with van der Waals surface area (Å²) >= 11 is 0. The van der Waals surface area contributed by atoms with Gasteiger partial charge in [-0.15, -0.1) is 0 Å². The molecule has 1 unspecified atom stereocenters. The van der Waals surface area contributed by atoms with Gasteiger partial charge in [-0.3, -0.25) is 19.0 Å². The van der Waals surface area contributed by atoms with Gasteiger partial charge in [0.25, 0.3) is 0 Å². The number of aromatic nitrogens is 4. The number of aryl methyl sites for hydroxylation is 1. The summed E-state index contributed by atoms with van der Waals surface area (Å²) in [6.07, 6.45) is 5.56. The van der Waals surface area contributed by atoms with Crippen LogP contribution >= 0.6 is 0 Å². The highest BCUT2D eigenvalue weighted by atomic mass is 16.2. The van der Waals surface area contributed by atoms with E-state index in [0.29, 0.717) is 5.56 Å². The Hall–Kier alpha value is -4.54. The van der Waals surface area contributed by atoms with Crippen LogP contribution in [0.3, 0.4) is 0 Å². The van der Waals surface area contributed by atoms with E-state index in [-0.39, 0.29) is 11.7 Å². The lowest BCUT2D eigenvalue weighted by atomic mass is 10.0. The highest BCUT2D eigenvalue weighted by Gasteiger charge is 2.27. The van der Waals surface area contributed by atoms with E-state index in [0.717, 1.165) is 66.1 Å². The van der Waals surface area contributed by atoms with Crippen molar-refractivity contribution in [3.8, 4) is 22.9 Å². The monoisotopic (exact) mass is 500 g/mol. The average Bonchev–Trinajstić information content (AvgIpc) is 3.26. The number of hydrogen-bond acceptors (Lipinski definition) is 5. The van der Waals surface area contributed by atoms with Crippen molar-refractivity contribution in [3.63, 3.8) is 0 Å². The Balaban J connectivity index is 1.33. The zero-order valence-electron chi connectivity index (χ0n) is 21.3. The molecule has 3 aromatic heterocycles. The van der Waals surface area contributed by atoms with Gasteiger partial charge in [0.2, 0.25) is 0 Å². The second-order valence-electron chi connectivity index (χ2n) is 9.87. The molecule has 1 saturated heterocycles. The molecule has 0 radical (unpaired) electrons. The van der Waals surface area contributed by atoms with E-state index < -0.39 is 0 Å². The molecule has 1 aliphatic heterocycles. The Morgan fingerprint density at radius 2 is 1.66 bits per heavy atom. The summed E-state index contributed by atoms with van der Waals surface area (Å²) in [6, 6.07) is 25.6. The van der Waals surface area contributed by atoms with Gasteiger partial charge >= 0.3 is 5.69 Å². The second-order valence-corrected chi connectivity index (χ2v) is 9.87. The molecule has 0 amide bonds. The first-order valence-electron chi connectivity index (χ1n) is 12.9. The predicted octanol–water partition coefficient (Wildman–Crippen LogP) is 5.27. The van der Waals surface area contributed by atoms with Crippen LogP contribution in [0.5, 0.6) is 0 Å². The van der Waals surface area contributed by atoms with Crippen LogP contribution in [0, 0.1) is 18.3 Å². The van der Waals surface area contributed by atoms with Crippen molar-refractivity contribution in [1.82, 2.24) is 24.0 Å². The van der Waals surface area contributed by atoms with E-state index in [9.17, 15) is 4.79 Å². The fraction of sp³-hybridized carbons (Fsp3) is 0.226. The minimum absolute atomic E-state index is 0.0387. The molecule has 0 bridgehead atoms. The summed E-state index contributed by atoms with van der Waals surface area (Å²) in [5.41, 5.74) is 7.23. The fourth-order valence-corrected chi connectivity index (χ4v) is 5.45. The van der Waals surface area contributed by atoms with E-state index in [4.69, 9.17) is 5.26 Å². The lowest BCUT2D eigenvalue weighted by Gasteiger charge is -2.33. The largest absolute Gasteiger partial charge is 0.335 e. The van der Waals surface area contributed by atoms with E-state index >= 15 is 0 Å². The number of pyridine rings is 2. The van der Waals surface area contributed by atoms with Gasteiger partial charge < -0.3 is 0 Å². The van der Waals surface area contributed by atoms with Crippen LogP contribution in [-0.4, -0.2) is 37.1 Å². The normalized spacial score (nSPS) is 15.9. The number of benzene rings is 2. The summed E-state index contributed by atoms with van der Waals surface area (Å²) in [5, 5.41) is 9.07. The SMILES string of the molecule is Cc1cccnc1CN1CCCC(n2c(=O)n(-c3ccc(-c4ccc(C#N)cc4)cc3)c3cccnc32)C1. The Morgan fingerprint density at radius 1 is 0.947 bits per heavy atom. The maximum absolute atomic E-state index is 14.0. The summed E-state index contributed by atoms with van der Waals surface area (Å²) in [7, 11) is 0. The summed E-state index contributed by atoms with van der Waals surface area (Å²) in [5.74, 6) is 0. The van der Waals surface area contributed by atoms with Gasteiger partial charge in [-0.05, 0) is 85.5 Å². The molecule has 0 N–H and O–H groups in total. The standard InChI is InChI=1S/C31H28N6O/c1-22-5-2-16-33-28(22)21-35-18-4-6-27(20-35)37-30-29(7-3-17-34-30)36(31(37)38)26-14-12-25(13-15-26)24-10-8-23(19-32)9-11-24/h2-3,5,7-17,27H,4,6,18,20-21H2,1H3. The first-order valence-corrected chi connectivity index (χ1v) is 12.9. The quantitative estimate of drug-likeness (QED) is 0.329. The smallest absolute Gasteiger partial charge is 0.295 e. The van der Waals surface area contributed by atoms with E-state index in [1.165, 1.54) is 5.56 Å². The van der Waals surface area contributed by atoms with Crippen LogP contribution in [-0.2, 0) is 6.54 Å². The highest BCUT2D eigenvalue weighted by molar-refractivity contribution is 5.75. The summed E-state index contributed by atoms with van der Waals surface area (Å²) in [6.45, 7) is 4.65. The molecule has 7 nitrogen and oxygen atoms in total. The molecule has 5 aromatic rings. The number of likely N-dealkylation sites (tertiary alicyclic amines) is 1. The molecular formula is C31H28N6O. The third-order valence-corrected chi connectivity index (χ3v) is 7.44. The van der Waals surface area contributed by atoms with Gasteiger partial charge in [-0.2, -0.15) is 5.26 Å². The molecule has 188 valence electrons. The molecule has 1 aliphatic rings. The predicted molar refractivity (Wildman–Crippen MR) is 148 cm³/mol. The maximum Gasteiger partial charge on any atom is 0.335 e. The summed E-state index contributed by atoms with van der Waals surface area (Å²) in [4.78, 5) is 25.6. The van der Waals surface area contributed by atoms with Crippen molar-refractivity contribution < 1.29 is 0 Å². The van der Waals surface area contributed by atoms with E-state index in [1.54, 1.807) is 10.8 Å². The van der Waals surface area contributed by atoms with E-state index in [2.05, 4.69) is 33.9 Å². The van der Waals surface area contributed by atoms with Crippen LogP contribution in [0.2, 0.25) is 0 Å². The molecule has 4 heterocycles. The molecule has 7 heteroatoms. The van der Waals surface area contributed by atoms with Crippen molar-refractivity contribution in [2.24, 2.45) is 0 Å². The van der Waals surface area contributed by atoms with Crippen LogP contribution in [0.1, 0.15) is 35.7 Å². The van der Waals surface area contributed by atoms with Crippen molar-refractivity contribution >= 4 is 11.2 Å². The molecule has 38 heavy (non-hydrogen) atoms. The second kappa shape index (κ2) is 10.1. The topological polar surface area (TPSA) is 79.7 Å². The van der Waals surface area contributed by atoms with Crippen molar-refractivity contribution in [2.75, 3.05) is 13.1 Å². The zero-order valence-corrected chi connectivity index (χ0v) is 21.3. The van der Waals surface area contributed by atoms with Gasteiger partial charge in [0.15, 0.2) is 5.65 Å². The van der Waals surface area contributed by atoms with Crippen LogP contribution in [0.25, 0.3) is 28.0 Å². The lowest BCUT2D eigenvalue weighted by molar-refractivity contribution is 0.168. The molecule has 1 atom stereocenters. The first kappa shape index (κ1) is 23.8.